The average Bonchev–Trinajstić information content (AvgIpc) is 3.23. The molecule has 6 nitrogen and oxygen atoms in total. The molecule has 1 aromatic heterocycles. The molecule has 1 fully saturated rings. The van der Waals surface area contributed by atoms with E-state index in [9.17, 15) is 18.8 Å². The molecule has 2 atom stereocenters. The summed E-state index contributed by atoms with van der Waals surface area (Å²) in [6.07, 6.45) is 8.11. The number of hydrogen-bond donors (Lipinski definition) is 2. The third-order valence-electron chi connectivity index (χ3n) is 5.86. The van der Waals surface area contributed by atoms with Crippen LogP contribution in [0, 0.1) is 25.1 Å². The summed E-state index contributed by atoms with van der Waals surface area (Å²) in [6.45, 7) is 2.22. The van der Waals surface area contributed by atoms with Gasteiger partial charge >= 0.3 is 0 Å². The van der Waals surface area contributed by atoms with E-state index in [0.29, 0.717) is 59.1 Å². The minimum Gasteiger partial charge on any atom is -0.340 e. The molecule has 2 aromatic rings. The van der Waals surface area contributed by atoms with Crippen LogP contribution in [0.2, 0.25) is 0 Å². The zero-order valence-corrected chi connectivity index (χ0v) is 19.3. The Bertz CT molecular complexity index is 1170. The maximum atomic E-state index is 14.1. The minimum atomic E-state index is -0.753. The highest BCUT2D eigenvalue weighted by molar-refractivity contribution is 7.35. The molecule has 2 N–H and O–H groups in total. The first-order valence-corrected chi connectivity index (χ1v) is 11.1. The number of terminal acetylenes is 1. The molecule has 2 heterocycles. The number of aromatic nitrogens is 1. The number of carbonyl (C=O) groups excluding carboxylic acids is 3. The van der Waals surface area contributed by atoms with Gasteiger partial charge in [0, 0.05) is 23.2 Å². The molecule has 4 rings (SSSR count). The number of ketones is 1. The van der Waals surface area contributed by atoms with Crippen molar-refractivity contribution in [2.75, 3.05) is 5.32 Å². The molecule has 1 aliphatic carbocycles. The summed E-state index contributed by atoms with van der Waals surface area (Å²) in [6, 6.07) is 2.89. The lowest BCUT2D eigenvalue weighted by Crippen LogP contribution is -2.40. The van der Waals surface area contributed by atoms with Gasteiger partial charge in [0.05, 0.1) is 5.56 Å². The van der Waals surface area contributed by atoms with Gasteiger partial charge in [0.25, 0.3) is 17.6 Å². The Balaban J connectivity index is 1.66. The van der Waals surface area contributed by atoms with Crippen molar-refractivity contribution in [3.8, 4) is 12.3 Å². The van der Waals surface area contributed by atoms with Gasteiger partial charge in [-0.1, -0.05) is 5.92 Å². The molecule has 0 saturated heterocycles. The minimum absolute atomic E-state index is 0.256. The van der Waals surface area contributed by atoms with Crippen LogP contribution < -0.4 is 21.2 Å². The van der Waals surface area contributed by atoms with Gasteiger partial charge < -0.3 is 15.2 Å². The summed E-state index contributed by atoms with van der Waals surface area (Å²) in [5, 5.41) is 6.37. The number of Topliss-reactive ketones (excluding diaryl/α,β-unsaturated/α-hetero) is 1. The number of anilines is 1. The van der Waals surface area contributed by atoms with E-state index in [4.69, 9.17) is 6.42 Å². The topological polar surface area (TPSA) is 80.2 Å². The summed E-state index contributed by atoms with van der Waals surface area (Å²) >= 11 is 0. The normalized spacial score (nSPS) is 15.7. The fraction of sp³-hybridized carbons (Fsp3) is 0.318. The fourth-order valence-corrected chi connectivity index (χ4v) is 4.52. The Morgan fingerprint density at radius 2 is 1.97 bits per heavy atom. The number of nitrogens with one attached hydrogen (secondary N) is 2. The predicted molar refractivity (Wildman–Crippen MR) is 124 cm³/mol. The van der Waals surface area contributed by atoms with Crippen LogP contribution in [0.1, 0.15) is 51.4 Å². The van der Waals surface area contributed by atoms with Gasteiger partial charge in [0.15, 0.2) is 0 Å². The van der Waals surface area contributed by atoms with Crippen molar-refractivity contribution in [1.82, 2.24) is 9.88 Å². The number of amides is 2. The summed E-state index contributed by atoms with van der Waals surface area (Å²) in [7, 11) is 4.74. The molecular weight excluding hydrogens is 435 g/mol. The number of nitrogens with zero attached hydrogens (tertiary/aromatic N) is 1. The Morgan fingerprint density at radius 3 is 2.58 bits per heavy atom. The van der Waals surface area contributed by atoms with Gasteiger partial charge in [0.1, 0.15) is 17.1 Å². The number of fused-ring (bicyclic) bond motifs is 1. The molecule has 1 saturated carbocycles. The van der Waals surface area contributed by atoms with E-state index in [0.717, 1.165) is 6.42 Å². The lowest BCUT2D eigenvalue weighted by molar-refractivity contribution is -0.117. The highest BCUT2D eigenvalue weighted by Crippen LogP contribution is 2.35. The highest BCUT2D eigenvalue weighted by Gasteiger charge is 2.44. The Hall–Kier alpha value is -2.54. The van der Waals surface area contributed by atoms with Crippen LogP contribution in [-0.2, 0) is 17.8 Å². The van der Waals surface area contributed by atoms with Crippen LogP contribution in [0.4, 0.5) is 10.1 Å². The van der Waals surface area contributed by atoms with Crippen molar-refractivity contribution in [3.05, 3.63) is 40.5 Å². The second-order valence-electron chi connectivity index (χ2n) is 7.98. The lowest BCUT2D eigenvalue weighted by atomic mass is 10.0. The van der Waals surface area contributed by atoms with Gasteiger partial charge in [-0.05, 0) is 55.6 Å². The number of hydrogen-bond acceptors (Lipinski definition) is 3. The van der Waals surface area contributed by atoms with Gasteiger partial charge in [-0.25, -0.2) is 4.39 Å². The molecule has 9 heteroatoms. The summed E-state index contributed by atoms with van der Waals surface area (Å²) in [5.41, 5.74) is 1.25. The van der Waals surface area contributed by atoms with Crippen LogP contribution in [0.15, 0.2) is 12.1 Å². The molecule has 0 bridgehead atoms. The third kappa shape index (κ3) is 3.80. The number of benzene rings is 1. The number of rotatable bonds is 5. The first-order valence-electron chi connectivity index (χ1n) is 9.90. The Labute approximate surface area is 184 Å². The fourth-order valence-electron chi connectivity index (χ4n) is 4.03. The van der Waals surface area contributed by atoms with Crippen LogP contribution in [0.25, 0.3) is 0 Å². The van der Waals surface area contributed by atoms with E-state index in [1.165, 1.54) is 6.07 Å². The second-order valence-corrected chi connectivity index (χ2v) is 9.17. The molecular formula is C22H22FN3O3P2. The first-order chi connectivity index (χ1) is 14.7. The van der Waals surface area contributed by atoms with E-state index in [2.05, 4.69) is 35.0 Å². The molecule has 2 aliphatic rings. The molecule has 2 unspecified atom stereocenters. The standard InChI is InChI=1S/C22H22FN3O3P2/c1-3-22(6-7-22)25-21(29)18(27)16-11(2)17(26-8-4-5-14(16)26)20(28)24-12-9-13(23)19(31)15(30)10-12/h1,9-10H,4-8,30-31H2,2H3,(H,24,28)(H,25,29). The lowest BCUT2D eigenvalue weighted by Gasteiger charge is -2.11. The molecule has 0 spiro atoms. The molecule has 31 heavy (non-hydrogen) atoms. The number of halogens is 1. The number of carbonyl (C=O) groups is 3. The molecule has 1 aromatic carbocycles. The van der Waals surface area contributed by atoms with E-state index >= 15 is 0 Å². The summed E-state index contributed by atoms with van der Waals surface area (Å²) in [4.78, 5) is 38.7. The first kappa shape index (κ1) is 21.7. The summed E-state index contributed by atoms with van der Waals surface area (Å²) in [5.74, 6) is 0.180. The molecule has 2 amide bonds. The van der Waals surface area contributed by atoms with Crippen molar-refractivity contribution in [3.63, 3.8) is 0 Å². The maximum absolute atomic E-state index is 14.1. The van der Waals surface area contributed by atoms with Crippen LogP contribution in [0.5, 0.6) is 0 Å². The van der Waals surface area contributed by atoms with Crippen LogP contribution in [0.3, 0.4) is 0 Å². The Morgan fingerprint density at radius 1 is 1.26 bits per heavy atom. The van der Waals surface area contributed by atoms with Gasteiger partial charge in [-0.2, -0.15) is 0 Å². The maximum Gasteiger partial charge on any atom is 0.293 e. The zero-order chi connectivity index (χ0) is 22.5. The predicted octanol–water partition coefficient (Wildman–Crippen LogP) is 1.60. The van der Waals surface area contributed by atoms with E-state index in [1.807, 2.05) is 0 Å². The molecule has 0 radical (unpaired) electrons. The molecule has 160 valence electrons. The monoisotopic (exact) mass is 457 g/mol. The van der Waals surface area contributed by atoms with Crippen molar-refractivity contribution in [2.24, 2.45) is 0 Å². The van der Waals surface area contributed by atoms with Gasteiger partial charge in [-0.15, -0.1) is 24.9 Å². The van der Waals surface area contributed by atoms with Crippen molar-refractivity contribution in [1.29, 1.82) is 0 Å². The third-order valence-corrected chi connectivity index (χ3v) is 7.28. The zero-order valence-electron chi connectivity index (χ0n) is 17.0. The van der Waals surface area contributed by atoms with Crippen LogP contribution >= 0.6 is 18.5 Å². The van der Waals surface area contributed by atoms with E-state index < -0.39 is 29.0 Å². The second kappa shape index (κ2) is 7.86. The quantitative estimate of drug-likeness (QED) is 0.310. The van der Waals surface area contributed by atoms with Crippen LogP contribution in [-0.4, -0.2) is 27.7 Å². The summed E-state index contributed by atoms with van der Waals surface area (Å²) < 4.78 is 15.8. The molecule has 1 aliphatic heterocycles. The SMILES string of the molecule is C#CC1(NC(=O)C(=O)c2c(C)c(C(=O)Nc3cc(F)c(P)c(P)c3)n3c2CCC3)CC1. The van der Waals surface area contributed by atoms with E-state index in [-0.39, 0.29) is 5.56 Å². The highest BCUT2D eigenvalue weighted by atomic mass is 31.0. The largest absolute Gasteiger partial charge is 0.340 e. The smallest absolute Gasteiger partial charge is 0.293 e. The average molecular weight is 457 g/mol. The van der Waals surface area contributed by atoms with Crippen molar-refractivity contribution < 1.29 is 18.8 Å². The van der Waals surface area contributed by atoms with E-state index in [1.54, 1.807) is 17.6 Å². The van der Waals surface area contributed by atoms with Crippen molar-refractivity contribution in [2.45, 2.75) is 44.7 Å². The Kier molecular flexibility index (Phi) is 5.50. The van der Waals surface area contributed by atoms with Gasteiger partial charge in [0.2, 0.25) is 0 Å². The van der Waals surface area contributed by atoms with Crippen molar-refractivity contribution >= 4 is 52.4 Å². The van der Waals surface area contributed by atoms with Gasteiger partial charge in [-0.3, -0.25) is 14.4 Å².